The van der Waals surface area contributed by atoms with E-state index in [-0.39, 0.29) is 12.3 Å². The maximum atomic E-state index is 12.5. The number of carbonyl (C=O) groups excluding carboxylic acids is 1. The van der Waals surface area contributed by atoms with Gasteiger partial charge in [0.2, 0.25) is 5.91 Å². The average molecular weight is 370 g/mol. The summed E-state index contributed by atoms with van der Waals surface area (Å²) in [5, 5.41) is 20.5. The molecule has 0 atom stereocenters. The highest BCUT2D eigenvalue weighted by molar-refractivity contribution is 5.78. The molecule has 0 aliphatic carbocycles. The van der Waals surface area contributed by atoms with E-state index in [0.29, 0.717) is 36.9 Å². The van der Waals surface area contributed by atoms with Gasteiger partial charge in [-0.25, -0.2) is 4.63 Å². The molecule has 4 rings (SSSR count). The van der Waals surface area contributed by atoms with Crippen LogP contribution in [0.2, 0.25) is 0 Å². The lowest BCUT2D eigenvalue weighted by Gasteiger charge is -2.31. The first-order valence-electron chi connectivity index (χ1n) is 9.03. The van der Waals surface area contributed by atoms with Gasteiger partial charge in [0.15, 0.2) is 5.82 Å². The van der Waals surface area contributed by atoms with Crippen molar-refractivity contribution in [1.29, 1.82) is 0 Å². The molecule has 0 saturated carbocycles. The van der Waals surface area contributed by atoms with Crippen molar-refractivity contribution < 1.29 is 9.42 Å². The van der Waals surface area contributed by atoms with Crippen LogP contribution in [0.1, 0.15) is 41.8 Å². The lowest BCUT2D eigenvalue weighted by molar-refractivity contribution is -0.131. The van der Waals surface area contributed by atoms with E-state index in [1.165, 1.54) is 0 Å². The molecule has 0 radical (unpaired) electrons. The zero-order valence-corrected chi connectivity index (χ0v) is 15.4. The predicted molar refractivity (Wildman–Crippen MR) is 93.6 cm³/mol. The van der Waals surface area contributed by atoms with E-state index in [0.717, 1.165) is 24.5 Å². The van der Waals surface area contributed by atoms with Gasteiger partial charge in [0.25, 0.3) is 0 Å². The number of carbonyl (C=O) groups is 1. The topological polar surface area (TPSA) is 108 Å². The Bertz CT molecular complexity index is 905. The number of aromatic nitrogens is 7. The van der Waals surface area contributed by atoms with Gasteiger partial charge in [-0.05, 0) is 25.8 Å². The van der Waals surface area contributed by atoms with E-state index >= 15 is 0 Å². The number of hydrogen-bond donors (Lipinski definition) is 0. The van der Waals surface area contributed by atoms with Crippen LogP contribution in [0.4, 0.5) is 0 Å². The third-order valence-corrected chi connectivity index (χ3v) is 5.14. The molecule has 10 heteroatoms. The molecule has 3 aromatic heterocycles. The van der Waals surface area contributed by atoms with Crippen LogP contribution >= 0.6 is 0 Å². The molecular weight excluding hydrogens is 348 g/mol. The quantitative estimate of drug-likeness (QED) is 0.650. The number of hydrogen-bond acceptors (Lipinski definition) is 7. The van der Waals surface area contributed by atoms with E-state index in [9.17, 15) is 4.79 Å². The monoisotopic (exact) mass is 370 g/mol. The normalized spacial score (nSPS) is 15.4. The van der Waals surface area contributed by atoms with Gasteiger partial charge in [-0.15, -0.1) is 10.2 Å². The Balaban J connectivity index is 1.36. The molecule has 0 unspecified atom stereocenters. The molecular formula is C17H22N8O2. The van der Waals surface area contributed by atoms with Crippen molar-refractivity contribution in [2.75, 3.05) is 13.1 Å². The van der Waals surface area contributed by atoms with Crippen molar-refractivity contribution in [3.8, 4) is 0 Å². The molecule has 1 amide bonds. The highest BCUT2D eigenvalue weighted by atomic mass is 16.6. The van der Waals surface area contributed by atoms with Crippen LogP contribution in [0.3, 0.4) is 0 Å². The van der Waals surface area contributed by atoms with Crippen LogP contribution in [0.15, 0.2) is 23.1 Å². The Kier molecular flexibility index (Phi) is 4.69. The molecule has 1 fully saturated rings. The van der Waals surface area contributed by atoms with Gasteiger partial charge in [-0.2, -0.15) is 5.10 Å². The van der Waals surface area contributed by atoms with E-state index in [1.807, 2.05) is 33.5 Å². The summed E-state index contributed by atoms with van der Waals surface area (Å²) in [7, 11) is 1.99. The Morgan fingerprint density at radius 3 is 2.74 bits per heavy atom. The van der Waals surface area contributed by atoms with Crippen LogP contribution < -0.4 is 0 Å². The van der Waals surface area contributed by atoms with Crippen LogP contribution in [0, 0.1) is 6.92 Å². The van der Waals surface area contributed by atoms with Gasteiger partial charge in [-0.1, -0.05) is 10.3 Å². The molecule has 1 saturated heterocycles. The Labute approximate surface area is 156 Å². The summed E-state index contributed by atoms with van der Waals surface area (Å²) < 4.78 is 8.55. The van der Waals surface area contributed by atoms with E-state index in [1.54, 1.807) is 13.1 Å². The fourth-order valence-corrected chi connectivity index (χ4v) is 3.46. The molecule has 0 N–H and O–H groups in total. The number of likely N-dealkylation sites (tertiary alicyclic amines) is 1. The fraction of sp³-hybridized carbons (Fsp3) is 0.529. The van der Waals surface area contributed by atoms with Crippen molar-refractivity contribution in [3.63, 3.8) is 0 Å². The van der Waals surface area contributed by atoms with E-state index in [2.05, 4.69) is 30.2 Å². The molecule has 4 heterocycles. The minimum Gasteiger partial charge on any atom is -0.342 e. The summed E-state index contributed by atoms with van der Waals surface area (Å²) >= 11 is 0. The SMILES string of the molecule is Cc1nonc1CC(=O)N1CCC(c2nnc(Cn3cccn3)n2C)CC1. The van der Waals surface area contributed by atoms with Crippen molar-refractivity contribution in [1.82, 2.24) is 39.8 Å². The standard InChI is InChI=1S/C17H22N8O2/c1-12-14(22-27-21-12)10-16(26)24-8-4-13(5-9-24)17-20-19-15(23(17)2)11-25-7-3-6-18-25/h3,6-7,13H,4-5,8-11H2,1-2H3. The number of aryl methyl sites for hydroxylation is 1. The van der Waals surface area contributed by atoms with Gasteiger partial charge in [-0.3, -0.25) is 9.48 Å². The molecule has 27 heavy (non-hydrogen) atoms. The maximum absolute atomic E-state index is 12.5. The highest BCUT2D eigenvalue weighted by Gasteiger charge is 2.28. The van der Waals surface area contributed by atoms with Crippen LogP contribution in [0.5, 0.6) is 0 Å². The molecule has 0 spiro atoms. The summed E-state index contributed by atoms with van der Waals surface area (Å²) in [6.45, 7) is 3.80. The van der Waals surface area contributed by atoms with Crippen LogP contribution in [-0.4, -0.2) is 58.8 Å². The summed E-state index contributed by atoms with van der Waals surface area (Å²) in [5.74, 6) is 2.21. The number of amides is 1. The Morgan fingerprint density at radius 2 is 2.07 bits per heavy atom. The van der Waals surface area contributed by atoms with Crippen LogP contribution in [-0.2, 0) is 24.8 Å². The molecule has 1 aliphatic heterocycles. The molecule has 0 aromatic carbocycles. The first-order chi connectivity index (χ1) is 13.1. The van der Waals surface area contributed by atoms with Crippen LogP contribution in [0.25, 0.3) is 0 Å². The van der Waals surface area contributed by atoms with Gasteiger partial charge in [0.05, 0.1) is 6.42 Å². The zero-order chi connectivity index (χ0) is 18.8. The summed E-state index contributed by atoms with van der Waals surface area (Å²) in [4.78, 5) is 14.4. The summed E-state index contributed by atoms with van der Waals surface area (Å²) in [6, 6.07) is 1.89. The van der Waals surface area contributed by atoms with E-state index in [4.69, 9.17) is 0 Å². The minimum atomic E-state index is 0.0598. The molecule has 3 aromatic rings. The van der Waals surface area contributed by atoms with Crippen molar-refractivity contribution in [2.24, 2.45) is 7.05 Å². The zero-order valence-electron chi connectivity index (χ0n) is 15.4. The molecule has 1 aliphatic rings. The summed E-state index contributed by atoms with van der Waals surface area (Å²) in [6.07, 6.45) is 5.63. The first kappa shape index (κ1) is 17.4. The van der Waals surface area contributed by atoms with Crippen molar-refractivity contribution in [3.05, 3.63) is 41.5 Å². The third kappa shape index (κ3) is 3.60. The molecule has 142 valence electrons. The molecule has 0 bridgehead atoms. The van der Waals surface area contributed by atoms with Gasteiger partial charge >= 0.3 is 0 Å². The lowest BCUT2D eigenvalue weighted by atomic mass is 9.95. The van der Waals surface area contributed by atoms with Gasteiger partial charge in [0, 0.05) is 38.4 Å². The maximum Gasteiger partial charge on any atom is 0.228 e. The predicted octanol–water partition coefficient (Wildman–Crippen LogP) is 0.700. The van der Waals surface area contributed by atoms with Crippen molar-refractivity contribution in [2.45, 2.75) is 38.6 Å². The second-order valence-electron chi connectivity index (χ2n) is 6.87. The van der Waals surface area contributed by atoms with E-state index < -0.39 is 0 Å². The number of nitrogens with zero attached hydrogens (tertiary/aromatic N) is 8. The largest absolute Gasteiger partial charge is 0.342 e. The fourth-order valence-electron chi connectivity index (χ4n) is 3.46. The van der Waals surface area contributed by atoms with Gasteiger partial charge < -0.3 is 9.47 Å². The second-order valence-corrected chi connectivity index (χ2v) is 6.87. The van der Waals surface area contributed by atoms with Gasteiger partial charge in [0.1, 0.15) is 23.8 Å². The highest BCUT2D eigenvalue weighted by Crippen LogP contribution is 2.27. The smallest absolute Gasteiger partial charge is 0.228 e. The number of piperidine rings is 1. The van der Waals surface area contributed by atoms with Crippen molar-refractivity contribution >= 4 is 5.91 Å². The summed E-state index contributed by atoms with van der Waals surface area (Å²) in [5.41, 5.74) is 1.28. The number of rotatable bonds is 5. The minimum absolute atomic E-state index is 0.0598. The lowest BCUT2D eigenvalue weighted by Crippen LogP contribution is -2.39. The third-order valence-electron chi connectivity index (χ3n) is 5.14. The first-order valence-corrected chi connectivity index (χ1v) is 9.03. The Morgan fingerprint density at radius 1 is 1.26 bits per heavy atom. The average Bonchev–Trinajstić information content (AvgIpc) is 3.40. The Hall–Kier alpha value is -3.04. The molecule has 10 nitrogen and oxygen atoms in total. The second kappa shape index (κ2) is 7.29.